The first-order valence-electron chi connectivity index (χ1n) is 4.76. The molecular weight excluding hydrogens is 198 g/mol. The number of hydrogen-bond donors (Lipinski definition) is 0. The van der Waals surface area contributed by atoms with Crippen LogP contribution in [0.5, 0.6) is 0 Å². The molecule has 0 aromatic heterocycles. The van der Waals surface area contributed by atoms with Crippen molar-refractivity contribution < 1.29 is 9.53 Å². The van der Waals surface area contributed by atoms with Crippen molar-refractivity contribution in [3.05, 3.63) is 0 Å². The lowest BCUT2D eigenvalue weighted by Crippen LogP contribution is -2.29. The Morgan fingerprint density at radius 3 is 2.64 bits per heavy atom. The number of aliphatic imine (C=N–C) groups is 1. The molecule has 0 saturated carbocycles. The van der Waals surface area contributed by atoms with Crippen molar-refractivity contribution in [3.63, 3.8) is 0 Å². The number of carbonyl (C=O) groups excluding carboxylic acids is 1. The summed E-state index contributed by atoms with van der Waals surface area (Å²) in [4.78, 5) is 15.9. The van der Waals surface area contributed by atoms with E-state index in [1.54, 1.807) is 11.8 Å². The molecule has 0 bridgehead atoms. The summed E-state index contributed by atoms with van der Waals surface area (Å²) in [6.45, 7) is 5.62. The summed E-state index contributed by atoms with van der Waals surface area (Å²) in [5.41, 5.74) is -0.408. The van der Waals surface area contributed by atoms with Gasteiger partial charge in [-0.05, 0) is 39.9 Å². The van der Waals surface area contributed by atoms with Crippen molar-refractivity contribution in [3.8, 4) is 0 Å². The van der Waals surface area contributed by atoms with Crippen molar-refractivity contribution in [2.75, 3.05) is 6.26 Å². The van der Waals surface area contributed by atoms with Crippen molar-refractivity contribution in [1.82, 2.24) is 0 Å². The van der Waals surface area contributed by atoms with Gasteiger partial charge in [-0.3, -0.25) is 4.99 Å². The van der Waals surface area contributed by atoms with E-state index < -0.39 is 5.60 Å². The van der Waals surface area contributed by atoms with Crippen LogP contribution in [0.3, 0.4) is 0 Å². The summed E-state index contributed by atoms with van der Waals surface area (Å²) >= 11 is 1.61. The molecule has 0 saturated heterocycles. The highest BCUT2D eigenvalue weighted by molar-refractivity contribution is 8.13. The van der Waals surface area contributed by atoms with E-state index in [1.807, 2.05) is 27.0 Å². The summed E-state index contributed by atoms with van der Waals surface area (Å²) in [5.74, 6) is -0.193. The van der Waals surface area contributed by atoms with Gasteiger partial charge < -0.3 is 4.74 Å². The molecule has 80 valence electrons. The summed E-state index contributed by atoms with van der Waals surface area (Å²) in [6.07, 6.45) is 3.69. The second kappa shape index (κ2) is 4.34. The van der Waals surface area contributed by atoms with Crippen LogP contribution in [-0.4, -0.2) is 28.9 Å². The minimum atomic E-state index is -0.408. The van der Waals surface area contributed by atoms with Gasteiger partial charge in [0.2, 0.25) is 0 Å². The fourth-order valence-corrected chi connectivity index (χ4v) is 1.81. The molecule has 0 amide bonds. The maximum Gasteiger partial charge on any atom is 0.331 e. The third-order valence-corrected chi connectivity index (χ3v) is 2.63. The lowest BCUT2D eigenvalue weighted by Gasteiger charge is -2.20. The highest BCUT2D eigenvalue weighted by Crippen LogP contribution is 2.21. The van der Waals surface area contributed by atoms with E-state index in [0.29, 0.717) is 0 Å². The fraction of sp³-hybridized carbons (Fsp3) is 0.800. The second-order valence-electron chi connectivity index (χ2n) is 4.31. The SMILES string of the molecule is CSC1=NC(C(=O)OC(C)(C)C)CC1. The Balaban J connectivity index is 2.52. The zero-order chi connectivity index (χ0) is 10.8. The topological polar surface area (TPSA) is 38.7 Å². The Hall–Kier alpha value is -0.510. The first-order valence-corrected chi connectivity index (χ1v) is 5.98. The van der Waals surface area contributed by atoms with Crippen molar-refractivity contribution in [2.45, 2.75) is 45.3 Å². The van der Waals surface area contributed by atoms with Crippen LogP contribution in [0.2, 0.25) is 0 Å². The number of esters is 1. The highest BCUT2D eigenvalue weighted by Gasteiger charge is 2.28. The van der Waals surface area contributed by atoms with Gasteiger partial charge in [-0.1, -0.05) is 0 Å². The predicted molar refractivity (Wildman–Crippen MR) is 59.8 cm³/mol. The Labute approximate surface area is 89.3 Å². The Morgan fingerprint density at radius 2 is 2.21 bits per heavy atom. The number of ether oxygens (including phenoxy) is 1. The largest absolute Gasteiger partial charge is 0.458 e. The van der Waals surface area contributed by atoms with Crippen LogP contribution in [0.15, 0.2) is 4.99 Å². The number of rotatable bonds is 1. The lowest BCUT2D eigenvalue weighted by atomic mass is 10.1. The molecule has 1 heterocycles. The molecule has 0 aromatic rings. The molecule has 0 radical (unpaired) electrons. The smallest absolute Gasteiger partial charge is 0.331 e. The van der Waals surface area contributed by atoms with Crippen LogP contribution in [0.4, 0.5) is 0 Å². The maximum atomic E-state index is 11.6. The standard InChI is InChI=1S/C10H17NO2S/c1-10(2,3)13-9(12)7-5-6-8(11-7)14-4/h7H,5-6H2,1-4H3. The molecule has 1 atom stereocenters. The quantitative estimate of drug-likeness (QED) is 0.630. The first kappa shape index (κ1) is 11.6. The molecule has 0 N–H and O–H groups in total. The Morgan fingerprint density at radius 1 is 1.57 bits per heavy atom. The van der Waals surface area contributed by atoms with E-state index in [-0.39, 0.29) is 12.0 Å². The number of nitrogens with zero attached hydrogens (tertiary/aromatic N) is 1. The van der Waals surface area contributed by atoms with E-state index in [9.17, 15) is 4.79 Å². The molecule has 14 heavy (non-hydrogen) atoms. The van der Waals surface area contributed by atoms with Gasteiger partial charge in [0.15, 0.2) is 0 Å². The van der Waals surface area contributed by atoms with E-state index in [2.05, 4.69) is 4.99 Å². The van der Waals surface area contributed by atoms with E-state index in [4.69, 9.17) is 4.74 Å². The van der Waals surface area contributed by atoms with Crippen molar-refractivity contribution in [2.24, 2.45) is 4.99 Å². The average molecular weight is 215 g/mol. The Kier molecular flexibility index (Phi) is 3.59. The minimum Gasteiger partial charge on any atom is -0.458 e. The second-order valence-corrected chi connectivity index (χ2v) is 5.19. The van der Waals surface area contributed by atoms with Gasteiger partial charge >= 0.3 is 5.97 Å². The Bertz CT molecular complexity index is 255. The monoisotopic (exact) mass is 215 g/mol. The predicted octanol–water partition coefficient (Wildman–Crippen LogP) is 2.25. The number of thioether (sulfide) groups is 1. The maximum absolute atomic E-state index is 11.6. The number of carbonyl (C=O) groups is 1. The van der Waals surface area contributed by atoms with Crippen LogP contribution < -0.4 is 0 Å². The van der Waals surface area contributed by atoms with E-state index in [1.165, 1.54) is 0 Å². The molecule has 3 nitrogen and oxygen atoms in total. The minimum absolute atomic E-state index is 0.193. The lowest BCUT2D eigenvalue weighted by molar-refractivity contribution is -0.156. The average Bonchev–Trinajstić information content (AvgIpc) is 2.48. The van der Waals surface area contributed by atoms with E-state index >= 15 is 0 Å². The van der Waals surface area contributed by atoms with Gasteiger partial charge in [0.25, 0.3) is 0 Å². The third-order valence-electron chi connectivity index (χ3n) is 1.85. The summed E-state index contributed by atoms with van der Waals surface area (Å²) in [6, 6.07) is -0.267. The van der Waals surface area contributed by atoms with Gasteiger partial charge in [0.05, 0.1) is 5.04 Å². The zero-order valence-electron chi connectivity index (χ0n) is 9.16. The molecule has 4 heteroatoms. The van der Waals surface area contributed by atoms with Crippen molar-refractivity contribution >= 4 is 22.8 Å². The van der Waals surface area contributed by atoms with Crippen LogP contribution in [0.25, 0.3) is 0 Å². The van der Waals surface area contributed by atoms with Gasteiger partial charge in [-0.15, -0.1) is 11.8 Å². The van der Waals surface area contributed by atoms with Gasteiger partial charge in [-0.25, -0.2) is 4.79 Å². The van der Waals surface area contributed by atoms with Gasteiger partial charge in [0, 0.05) is 0 Å². The van der Waals surface area contributed by atoms with Crippen LogP contribution in [-0.2, 0) is 9.53 Å². The number of hydrogen-bond acceptors (Lipinski definition) is 4. The molecule has 1 rings (SSSR count). The van der Waals surface area contributed by atoms with Crippen molar-refractivity contribution in [1.29, 1.82) is 0 Å². The zero-order valence-corrected chi connectivity index (χ0v) is 9.98. The normalized spacial score (nSPS) is 22.0. The molecule has 1 unspecified atom stereocenters. The third kappa shape index (κ3) is 3.33. The van der Waals surface area contributed by atoms with Crippen LogP contribution in [0.1, 0.15) is 33.6 Å². The molecule has 1 aliphatic heterocycles. The summed E-state index contributed by atoms with van der Waals surface area (Å²) in [5, 5.41) is 1.06. The van der Waals surface area contributed by atoms with E-state index in [0.717, 1.165) is 17.9 Å². The molecular formula is C10H17NO2S. The van der Waals surface area contributed by atoms with Gasteiger partial charge in [-0.2, -0.15) is 0 Å². The molecule has 0 fully saturated rings. The molecule has 0 aromatic carbocycles. The summed E-state index contributed by atoms with van der Waals surface area (Å²) in [7, 11) is 0. The van der Waals surface area contributed by atoms with Crippen LogP contribution in [0, 0.1) is 0 Å². The fourth-order valence-electron chi connectivity index (χ4n) is 1.26. The first-order chi connectivity index (χ1) is 6.42. The van der Waals surface area contributed by atoms with Gasteiger partial charge in [0.1, 0.15) is 11.6 Å². The summed E-state index contributed by atoms with van der Waals surface area (Å²) < 4.78 is 5.26. The molecule has 0 aliphatic carbocycles. The van der Waals surface area contributed by atoms with Crippen LogP contribution >= 0.6 is 11.8 Å². The molecule has 1 aliphatic rings. The highest BCUT2D eigenvalue weighted by atomic mass is 32.2. The molecule has 0 spiro atoms.